The van der Waals surface area contributed by atoms with Gasteiger partial charge in [-0.2, -0.15) is 0 Å². The fourth-order valence-electron chi connectivity index (χ4n) is 2.24. The first-order valence-corrected chi connectivity index (χ1v) is 9.03. The maximum Gasteiger partial charge on any atom is 0.220 e. The van der Waals surface area contributed by atoms with Crippen LogP contribution in [0.25, 0.3) is 0 Å². The number of carbonyl (C=O) groups excluding carboxylic acids is 1. The van der Waals surface area contributed by atoms with Gasteiger partial charge in [-0.1, -0.05) is 20.8 Å². The molecule has 136 valence electrons. The first-order valence-electron chi connectivity index (χ1n) is 8.15. The number of rotatable bonds is 4. The third-order valence-corrected chi connectivity index (χ3v) is 4.48. The van der Waals surface area contributed by atoms with Crippen molar-refractivity contribution in [1.29, 1.82) is 0 Å². The SMILES string of the molecule is CCNC(=NCc1nc(C(C)(C)C)cs1)NC1CCC(=O)NC1.I. The Morgan fingerprint density at radius 2 is 2.25 bits per heavy atom. The molecule has 1 aliphatic heterocycles. The number of guanidine groups is 1. The van der Waals surface area contributed by atoms with E-state index in [1.165, 1.54) is 0 Å². The van der Waals surface area contributed by atoms with Gasteiger partial charge in [0, 0.05) is 36.3 Å². The monoisotopic (exact) mass is 465 g/mol. The zero-order valence-electron chi connectivity index (χ0n) is 14.8. The van der Waals surface area contributed by atoms with Gasteiger partial charge in [-0.3, -0.25) is 4.79 Å². The molecule has 2 rings (SSSR count). The van der Waals surface area contributed by atoms with E-state index in [1.54, 1.807) is 11.3 Å². The maximum atomic E-state index is 11.2. The molecule has 1 aromatic heterocycles. The Morgan fingerprint density at radius 1 is 1.50 bits per heavy atom. The summed E-state index contributed by atoms with van der Waals surface area (Å²) in [6.07, 6.45) is 1.40. The van der Waals surface area contributed by atoms with Crippen LogP contribution in [-0.2, 0) is 16.8 Å². The molecule has 8 heteroatoms. The van der Waals surface area contributed by atoms with Crippen molar-refractivity contribution in [2.24, 2.45) is 4.99 Å². The average molecular weight is 465 g/mol. The molecule has 1 atom stereocenters. The number of hydrogen-bond acceptors (Lipinski definition) is 4. The summed E-state index contributed by atoms with van der Waals surface area (Å²) in [6, 6.07) is 0.229. The molecule has 1 saturated heterocycles. The lowest BCUT2D eigenvalue weighted by atomic mass is 9.93. The summed E-state index contributed by atoms with van der Waals surface area (Å²) in [4.78, 5) is 20.5. The van der Waals surface area contributed by atoms with Gasteiger partial charge in [-0.15, -0.1) is 35.3 Å². The highest BCUT2D eigenvalue weighted by Gasteiger charge is 2.19. The summed E-state index contributed by atoms with van der Waals surface area (Å²) in [5.41, 5.74) is 1.18. The Labute approximate surface area is 165 Å². The first-order chi connectivity index (χ1) is 10.9. The van der Waals surface area contributed by atoms with E-state index in [0.29, 0.717) is 19.5 Å². The number of piperidine rings is 1. The molecule has 1 aromatic rings. The van der Waals surface area contributed by atoms with Crippen molar-refractivity contribution >= 4 is 47.2 Å². The third-order valence-electron chi connectivity index (χ3n) is 3.64. The zero-order chi connectivity index (χ0) is 16.9. The van der Waals surface area contributed by atoms with Gasteiger partial charge in [-0.25, -0.2) is 9.98 Å². The Morgan fingerprint density at radius 3 is 2.79 bits per heavy atom. The van der Waals surface area contributed by atoms with Gasteiger partial charge >= 0.3 is 0 Å². The molecule has 24 heavy (non-hydrogen) atoms. The molecule has 0 radical (unpaired) electrons. The fraction of sp³-hybridized carbons (Fsp3) is 0.688. The summed E-state index contributed by atoms with van der Waals surface area (Å²) < 4.78 is 0. The molecule has 0 bridgehead atoms. The summed E-state index contributed by atoms with van der Waals surface area (Å²) in [7, 11) is 0. The van der Waals surface area contributed by atoms with Crippen LogP contribution in [0.5, 0.6) is 0 Å². The standard InChI is InChI=1S/C16H27N5OS.HI/c1-5-17-15(20-11-6-7-13(22)18-8-11)19-9-14-21-12(10-23-14)16(2,3)4;/h10-11H,5-9H2,1-4H3,(H,18,22)(H2,17,19,20);1H. The number of nitrogens with one attached hydrogen (secondary N) is 3. The number of nitrogens with zero attached hydrogens (tertiary/aromatic N) is 2. The first kappa shape index (κ1) is 21.1. The molecule has 1 fully saturated rings. The van der Waals surface area contributed by atoms with Crippen LogP contribution in [0.1, 0.15) is 51.2 Å². The minimum Gasteiger partial charge on any atom is -0.357 e. The van der Waals surface area contributed by atoms with Crippen molar-refractivity contribution in [2.75, 3.05) is 13.1 Å². The zero-order valence-corrected chi connectivity index (χ0v) is 18.0. The average Bonchev–Trinajstić information content (AvgIpc) is 2.96. The van der Waals surface area contributed by atoms with Gasteiger partial charge in [0.2, 0.25) is 5.91 Å². The Hall–Kier alpha value is -0.900. The van der Waals surface area contributed by atoms with Crippen molar-refractivity contribution in [3.05, 3.63) is 16.1 Å². The number of aromatic nitrogens is 1. The third kappa shape index (κ3) is 6.54. The topological polar surface area (TPSA) is 78.4 Å². The van der Waals surface area contributed by atoms with Crippen LogP contribution in [0.3, 0.4) is 0 Å². The highest BCUT2D eigenvalue weighted by Crippen LogP contribution is 2.24. The molecule has 1 amide bonds. The molecule has 1 unspecified atom stereocenters. The number of thiazole rings is 1. The van der Waals surface area contributed by atoms with Crippen molar-refractivity contribution in [2.45, 2.75) is 58.5 Å². The lowest BCUT2D eigenvalue weighted by Gasteiger charge is -2.25. The Balaban J connectivity index is 0.00000288. The molecule has 2 heterocycles. The van der Waals surface area contributed by atoms with E-state index in [-0.39, 0.29) is 41.3 Å². The predicted molar refractivity (Wildman–Crippen MR) is 110 cm³/mol. The molecule has 0 spiro atoms. The van der Waals surface area contributed by atoms with Crippen LogP contribution >= 0.6 is 35.3 Å². The minimum absolute atomic E-state index is 0. The molecular formula is C16H28IN5OS. The van der Waals surface area contributed by atoms with Crippen molar-refractivity contribution in [3.8, 4) is 0 Å². The van der Waals surface area contributed by atoms with Crippen molar-refractivity contribution in [1.82, 2.24) is 20.9 Å². The van der Waals surface area contributed by atoms with Crippen molar-refractivity contribution < 1.29 is 4.79 Å². The van der Waals surface area contributed by atoms with Gasteiger partial charge < -0.3 is 16.0 Å². The summed E-state index contributed by atoms with van der Waals surface area (Å²) >= 11 is 1.65. The number of halogens is 1. The van der Waals surface area contributed by atoms with Gasteiger partial charge in [0.25, 0.3) is 0 Å². The molecular weight excluding hydrogens is 437 g/mol. The van der Waals surface area contributed by atoms with Crippen LogP contribution in [0.15, 0.2) is 10.4 Å². The summed E-state index contributed by atoms with van der Waals surface area (Å²) in [5, 5.41) is 12.6. The Bertz CT molecular complexity index is 557. The minimum atomic E-state index is 0. The summed E-state index contributed by atoms with van der Waals surface area (Å²) in [5.74, 6) is 0.906. The largest absolute Gasteiger partial charge is 0.357 e. The highest BCUT2D eigenvalue weighted by atomic mass is 127. The smallest absolute Gasteiger partial charge is 0.220 e. The molecule has 0 aliphatic carbocycles. The van der Waals surface area contributed by atoms with E-state index in [4.69, 9.17) is 0 Å². The lowest BCUT2D eigenvalue weighted by Crippen LogP contribution is -2.51. The molecule has 6 nitrogen and oxygen atoms in total. The summed E-state index contributed by atoms with van der Waals surface area (Å²) in [6.45, 7) is 10.6. The van der Waals surface area contributed by atoms with Gasteiger partial charge in [-0.05, 0) is 13.3 Å². The molecule has 3 N–H and O–H groups in total. The second kappa shape index (κ2) is 9.55. The number of amides is 1. The van der Waals surface area contributed by atoms with Crippen LogP contribution < -0.4 is 16.0 Å². The number of carbonyl (C=O) groups is 1. The maximum absolute atomic E-state index is 11.2. The molecule has 0 aromatic carbocycles. The molecule has 0 saturated carbocycles. The van der Waals surface area contributed by atoms with Gasteiger partial charge in [0.1, 0.15) is 5.01 Å². The fourth-order valence-corrected chi connectivity index (χ4v) is 3.19. The van der Waals surface area contributed by atoms with E-state index >= 15 is 0 Å². The Kier molecular flexibility index (Phi) is 8.41. The normalized spacial score (nSPS) is 18.6. The second-order valence-electron chi connectivity index (χ2n) is 6.76. The van der Waals surface area contributed by atoms with Gasteiger partial charge in [0.05, 0.1) is 12.2 Å². The molecule has 1 aliphatic rings. The van der Waals surface area contributed by atoms with Gasteiger partial charge in [0.15, 0.2) is 5.96 Å². The van der Waals surface area contributed by atoms with E-state index in [2.05, 4.69) is 52.1 Å². The number of aliphatic imine (C=N–C) groups is 1. The van der Waals surface area contributed by atoms with Crippen LogP contribution in [0, 0.1) is 0 Å². The number of hydrogen-bond donors (Lipinski definition) is 3. The second-order valence-corrected chi connectivity index (χ2v) is 7.70. The van der Waals surface area contributed by atoms with E-state index in [1.807, 2.05) is 6.92 Å². The quantitative estimate of drug-likeness (QED) is 0.363. The van der Waals surface area contributed by atoms with Crippen LogP contribution in [0.2, 0.25) is 0 Å². The van der Waals surface area contributed by atoms with E-state index in [0.717, 1.165) is 29.6 Å². The van der Waals surface area contributed by atoms with E-state index < -0.39 is 0 Å². The van der Waals surface area contributed by atoms with Crippen molar-refractivity contribution in [3.63, 3.8) is 0 Å². The predicted octanol–water partition coefficient (Wildman–Crippen LogP) is 2.39. The highest BCUT2D eigenvalue weighted by molar-refractivity contribution is 14.0. The van der Waals surface area contributed by atoms with Crippen LogP contribution in [0.4, 0.5) is 0 Å². The lowest BCUT2D eigenvalue weighted by molar-refractivity contribution is -0.122. The van der Waals surface area contributed by atoms with Crippen LogP contribution in [-0.4, -0.2) is 36.0 Å². The van der Waals surface area contributed by atoms with E-state index in [9.17, 15) is 4.79 Å².